The Labute approximate surface area is 253 Å². The van der Waals surface area contributed by atoms with Crippen molar-refractivity contribution in [2.75, 3.05) is 6.61 Å². The average molecular weight is 579 g/mol. The van der Waals surface area contributed by atoms with E-state index in [-0.39, 0.29) is 0 Å². The number of carbonyl (C=O) groups excluding carboxylic acids is 1. The molecule has 0 fully saturated rings. The minimum absolute atomic E-state index is 0.312. The van der Waals surface area contributed by atoms with Crippen LogP contribution >= 0.6 is 0 Å². The molecule has 0 aromatic carbocycles. The summed E-state index contributed by atoms with van der Waals surface area (Å²) in [6.07, 6.45) is 39.2. The van der Waals surface area contributed by atoms with Crippen molar-refractivity contribution >= 4 is 5.97 Å². The van der Waals surface area contributed by atoms with Gasteiger partial charge in [-0.05, 0) is 68.6 Å². The number of hydrogen-bond acceptors (Lipinski definition) is 5. The summed E-state index contributed by atoms with van der Waals surface area (Å²) in [6.45, 7) is 5.07. The van der Waals surface area contributed by atoms with Crippen LogP contribution in [0.2, 0.25) is 0 Å². The van der Waals surface area contributed by atoms with Crippen LogP contribution in [0.1, 0.15) is 168 Å². The van der Waals surface area contributed by atoms with Crippen LogP contribution in [0.15, 0.2) is 24.3 Å². The Balaban J connectivity index is 2.72. The summed E-state index contributed by atoms with van der Waals surface area (Å²) in [4.78, 5) is 19.1. The maximum Gasteiger partial charge on any atom is 0.342 e. The SMILES string of the molecule is CCCCCCC1C=CC(CCCCCCCC(=O)OO)C(/C=C/CCCCCCCCOO)C1CCCCCC. The summed E-state index contributed by atoms with van der Waals surface area (Å²) in [5.74, 6) is 2.30. The summed E-state index contributed by atoms with van der Waals surface area (Å²) >= 11 is 0. The highest BCUT2D eigenvalue weighted by Crippen LogP contribution is 2.43. The van der Waals surface area contributed by atoms with Gasteiger partial charge in [-0.3, -0.25) is 5.26 Å². The van der Waals surface area contributed by atoms with E-state index in [1.165, 1.54) is 116 Å². The quantitative estimate of drug-likeness (QED) is 0.0418. The Morgan fingerprint density at radius 2 is 1.20 bits per heavy atom. The van der Waals surface area contributed by atoms with Gasteiger partial charge in [0.05, 0.1) is 6.61 Å². The van der Waals surface area contributed by atoms with Crippen molar-refractivity contribution in [3.8, 4) is 0 Å². The number of hydrogen-bond donors (Lipinski definition) is 2. The van der Waals surface area contributed by atoms with Crippen LogP contribution in [0.25, 0.3) is 0 Å². The van der Waals surface area contributed by atoms with Crippen molar-refractivity contribution in [2.24, 2.45) is 23.7 Å². The van der Waals surface area contributed by atoms with Crippen LogP contribution < -0.4 is 0 Å². The minimum Gasteiger partial charge on any atom is -0.301 e. The monoisotopic (exact) mass is 578 g/mol. The normalized spacial score (nSPS) is 20.7. The van der Waals surface area contributed by atoms with E-state index in [1.807, 2.05) is 0 Å². The zero-order chi connectivity index (χ0) is 29.8. The average Bonchev–Trinajstić information content (AvgIpc) is 2.99. The van der Waals surface area contributed by atoms with E-state index in [4.69, 9.17) is 10.5 Å². The second-order valence-electron chi connectivity index (χ2n) is 12.6. The van der Waals surface area contributed by atoms with Gasteiger partial charge < -0.3 is 4.89 Å². The van der Waals surface area contributed by atoms with Crippen LogP contribution in [0.5, 0.6) is 0 Å². The first kappa shape index (κ1) is 37.9. The molecule has 0 amide bonds. The van der Waals surface area contributed by atoms with Crippen molar-refractivity contribution in [3.63, 3.8) is 0 Å². The second-order valence-corrected chi connectivity index (χ2v) is 12.6. The molecule has 4 atom stereocenters. The van der Waals surface area contributed by atoms with Crippen molar-refractivity contribution < 1.29 is 25.1 Å². The van der Waals surface area contributed by atoms with Crippen molar-refractivity contribution in [3.05, 3.63) is 24.3 Å². The maximum atomic E-state index is 11.1. The lowest BCUT2D eigenvalue weighted by Gasteiger charge is -2.39. The van der Waals surface area contributed by atoms with Gasteiger partial charge in [-0.25, -0.2) is 9.68 Å². The second kappa shape index (κ2) is 27.7. The fraction of sp³-hybridized carbons (Fsp3) is 0.861. The topological polar surface area (TPSA) is 76.0 Å². The molecule has 2 N–H and O–H groups in total. The predicted molar refractivity (Wildman–Crippen MR) is 172 cm³/mol. The van der Waals surface area contributed by atoms with E-state index in [2.05, 4.69) is 47.9 Å². The number of allylic oxidation sites excluding steroid dienone is 4. The highest BCUT2D eigenvalue weighted by Gasteiger charge is 2.33. The van der Waals surface area contributed by atoms with Crippen molar-refractivity contribution in [1.29, 1.82) is 0 Å². The minimum atomic E-state index is -0.519. The molecule has 240 valence electrons. The largest absolute Gasteiger partial charge is 0.342 e. The van der Waals surface area contributed by atoms with Crippen LogP contribution in [0.3, 0.4) is 0 Å². The van der Waals surface area contributed by atoms with Gasteiger partial charge in [-0.1, -0.05) is 141 Å². The van der Waals surface area contributed by atoms with Crippen LogP contribution in [0, 0.1) is 23.7 Å². The Morgan fingerprint density at radius 1 is 0.659 bits per heavy atom. The number of unbranched alkanes of at least 4 members (excludes halogenated alkanes) is 16. The molecule has 0 aromatic heterocycles. The zero-order valence-electron chi connectivity index (χ0n) is 26.9. The summed E-state index contributed by atoms with van der Waals surface area (Å²) < 4.78 is 0. The van der Waals surface area contributed by atoms with Gasteiger partial charge in [0.15, 0.2) is 0 Å². The molecule has 0 saturated carbocycles. The van der Waals surface area contributed by atoms with Gasteiger partial charge in [0, 0.05) is 6.42 Å². The van der Waals surface area contributed by atoms with Crippen LogP contribution in [-0.2, 0) is 14.6 Å². The van der Waals surface area contributed by atoms with E-state index in [0.29, 0.717) is 24.9 Å². The molecule has 0 bridgehead atoms. The summed E-state index contributed by atoms with van der Waals surface area (Å²) in [5, 5.41) is 16.9. The molecule has 5 heteroatoms. The highest BCUT2D eigenvalue weighted by atomic mass is 17.1. The van der Waals surface area contributed by atoms with Crippen molar-refractivity contribution in [1.82, 2.24) is 0 Å². The standard InChI is InChI=1S/C36H66O5/c1-3-5-7-18-24-32-29-30-33(25-19-14-13-16-22-28-36(37)41-39)35(34(32)26-20-8-6-4-2)27-21-15-11-9-10-12-17-23-31-40-38/h21,27,29-30,32-35,38-39H,3-20,22-26,28,31H2,1-2H3/b27-21+. The van der Waals surface area contributed by atoms with E-state index in [1.54, 1.807) is 0 Å². The van der Waals surface area contributed by atoms with E-state index < -0.39 is 5.97 Å². The summed E-state index contributed by atoms with van der Waals surface area (Å²) in [7, 11) is 0. The molecule has 41 heavy (non-hydrogen) atoms. The first-order valence-electron chi connectivity index (χ1n) is 17.6. The molecule has 0 aliphatic heterocycles. The van der Waals surface area contributed by atoms with Gasteiger partial charge in [0.1, 0.15) is 0 Å². The number of carbonyl (C=O) groups is 1. The Kier molecular flexibility index (Phi) is 25.5. The molecule has 1 aliphatic carbocycles. The molecular weight excluding hydrogens is 512 g/mol. The van der Waals surface area contributed by atoms with Crippen LogP contribution in [-0.4, -0.2) is 23.1 Å². The predicted octanol–water partition coefficient (Wildman–Crippen LogP) is 11.5. The molecule has 0 radical (unpaired) electrons. The Hall–Kier alpha value is -1.17. The summed E-state index contributed by atoms with van der Waals surface area (Å²) in [6, 6.07) is 0. The van der Waals surface area contributed by atoms with E-state index in [0.717, 1.165) is 43.9 Å². The first-order chi connectivity index (χ1) is 20.2. The smallest absolute Gasteiger partial charge is 0.301 e. The zero-order valence-corrected chi connectivity index (χ0v) is 26.9. The summed E-state index contributed by atoms with van der Waals surface area (Å²) in [5.41, 5.74) is 0. The molecule has 5 nitrogen and oxygen atoms in total. The number of rotatable bonds is 28. The molecule has 1 rings (SSSR count). The molecule has 0 aromatic rings. The van der Waals surface area contributed by atoms with Crippen LogP contribution in [0.4, 0.5) is 0 Å². The molecule has 0 heterocycles. The molecule has 4 unspecified atom stereocenters. The maximum absolute atomic E-state index is 11.1. The lowest BCUT2D eigenvalue weighted by molar-refractivity contribution is -0.242. The first-order valence-corrected chi connectivity index (χ1v) is 17.6. The lowest BCUT2D eigenvalue weighted by Crippen LogP contribution is -2.30. The molecule has 1 aliphatic rings. The fourth-order valence-corrected chi connectivity index (χ4v) is 6.68. The van der Waals surface area contributed by atoms with E-state index >= 15 is 0 Å². The Morgan fingerprint density at radius 3 is 1.85 bits per heavy atom. The van der Waals surface area contributed by atoms with Crippen molar-refractivity contribution in [2.45, 2.75) is 168 Å². The molecule has 0 spiro atoms. The highest BCUT2D eigenvalue weighted by molar-refractivity contribution is 5.68. The van der Waals surface area contributed by atoms with Gasteiger partial charge >= 0.3 is 5.97 Å². The van der Waals surface area contributed by atoms with Gasteiger partial charge in [-0.15, -0.1) is 0 Å². The van der Waals surface area contributed by atoms with E-state index in [9.17, 15) is 4.79 Å². The fourth-order valence-electron chi connectivity index (χ4n) is 6.68. The van der Waals surface area contributed by atoms with Gasteiger partial charge in [0.25, 0.3) is 0 Å². The van der Waals surface area contributed by atoms with Gasteiger partial charge in [-0.2, -0.15) is 5.26 Å². The third-order valence-electron chi connectivity index (χ3n) is 9.16. The lowest BCUT2D eigenvalue weighted by atomic mass is 9.66. The Bertz CT molecular complexity index is 646. The van der Waals surface area contributed by atoms with Gasteiger partial charge in [0.2, 0.25) is 0 Å². The molecule has 0 saturated heterocycles. The molecular formula is C36H66O5. The third-order valence-corrected chi connectivity index (χ3v) is 9.16. The third kappa shape index (κ3) is 19.6.